The van der Waals surface area contributed by atoms with Crippen LogP contribution in [0.2, 0.25) is 0 Å². The highest BCUT2D eigenvalue weighted by molar-refractivity contribution is 5.78. The predicted molar refractivity (Wildman–Crippen MR) is 76.3 cm³/mol. The molecule has 2 aliphatic rings. The van der Waals surface area contributed by atoms with Gasteiger partial charge in [-0.05, 0) is 24.6 Å². The summed E-state index contributed by atoms with van der Waals surface area (Å²) in [6.45, 7) is 5.50. The van der Waals surface area contributed by atoms with E-state index >= 15 is 0 Å². The first-order chi connectivity index (χ1) is 10.2. The SMILES string of the molecule is CC1CN(CC(=O)NCc2ccc3c(c2)OCO3)CCO1. The summed E-state index contributed by atoms with van der Waals surface area (Å²) in [5.74, 6) is 1.53. The van der Waals surface area contributed by atoms with Gasteiger partial charge in [0.05, 0.1) is 19.3 Å². The van der Waals surface area contributed by atoms with Gasteiger partial charge < -0.3 is 19.5 Å². The van der Waals surface area contributed by atoms with Gasteiger partial charge >= 0.3 is 0 Å². The number of nitrogens with one attached hydrogen (secondary N) is 1. The first-order valence-electron chi connectivity index (χ1n) is 7.20. The smallest absolute Gasteiger partial charge is 0.234 e. The van der Waals surface area contributed by atoms with Gasteiger partial charge in [0.1, 0.15) is 0 Å². The standard InChI is InChI=1S/C15H20N2O4/c1-11-8-17(4-5-19-11)9-15(18)16-7-12-2-3-13-14(6-12)21-10-20-13/h2-3,6,11H,4-5,7-10H2,1H3,(H,16,18). The van der Waals surface area contributed by atoms with Crippen LogP contribution in [-0.2, 0) is 16.1 Å². The Hall–Kier alpha value is -1.79. The van der Waals surface area contributed by atoms with Gasteiger partial charge in [0.25, 0.3) is 0 Å². The van der Waals surface area contributed by atoms with Gasteiger partial charge in [0.2, 0.25) is 12.7 Å². The van der Waals surface area contributed by atoms with Crippen LogP contribution in [-0.4, -0.2) is 49.9 Å². The van der Waals surface area contributed by atoms with Gasteiger partial charge in [-0.1, -0.05) is 6.07 Å². The van der Waals surface area contributed by atoms with Crippen molar-refractivity contribution < 1.29 is 19.0 Å². The zero-order valence-electron chi connectivity index (χ0n) is 12.1. The number of carbonyl (C=O) groups is 1. The van der Waals surface area contributed by atoms with Crippen molar-refractivity contribution in [2.45, 2.75) is 19.6 Å². The van der Waals surface area contributed by atoms with Crippen molar-refractivity contribution in [3.05, 3.63) is 23.8 Å². The number of hydrogen-bond donors (Lipinski definition) is 1. The molecular weight excluding hydrogens is 272 g/mol. The molecule has 1 saturated heterocycles. The van der Waals surface area contributed by atoms with Crippen LogP contribution >= 0.6 is 0 Å². The number of carbonyl (C=O) groups excluding carboxylic acids is 1. The molecule has 1 fully saturated rings. The summed E-state index contributed by atoms with van der Waals surface area (Å²) in [6, 6.07) is 5.71. The molecule has 2 heterocycles. The number of nitrogens with zero attached hydrogens (tertiary/aromatic N) is 1. The van der Waals surface area contributed by atoms with E-state index in [1.165, 1.54) is 0 Å². The molecule has 0 bridgehead atoms. The number of hydrogen-bond acceptors (Lipinski definition) is 5. The predicted octanol–water partition coefficient (Wildman–Crippen LogP) is 0.752. The number of fused-ring (bicyclic) bond motifs is 1. The molecule has 1 aromatic rings. The molecule has 1 unspecified atom stereocenters. The molecule has 0 saturated carbocycles. The van der Waals surface area contributed by atoms with Gasteiger partial charge in [-0.3, -0.25) is 9.69 Å². The Balaban J connectivity index is 1.47. The van der Waals surface area contributed by atoms with Crippen molar-refractivity contribution in [1.29, 1.82) is 0 Å². The Morgan fingerprint density at radius 2 is 2.24 bits per heavy atom. The molecule has 21 heavy (non-hydrogen) atoms. The van der Waals surface area contributed by atoms with Crippen LogP contribution in [0.5, 0.6) is 11.5 Å². The third-order valence-electron chi connectivity index (χ3n) is 3.62. The fourth-order valence-corrected chi connectivity index (χ4v) is 2.54. The van der Waals surface area contributed by atoms with E-state index in [2.05, 4.69) is 10.2 Å². The number of rotatable bonds is 4. The van der Waals surface area contributed by atoms with Gasteiger partial charge in [-0.15, -0.1) is 0 Å². The number of morpholine rings is 1. The van der Waals surface area contributed by atoms with Crippen molar-refractivity contribution in [2.75, 3.05) is 33.0 Å². The zero-order valence-corrected chi connectivity index (χ0v) is 12.1. The minimum atomic E-state index is 0.0294. The first kappa shape index (κ1) is 14.2. The topological polar surface area (TPSA) is 60.0 Å². The Kier molecular flexibility index (Phi) is 4.26. The summed E-state index contributed by atoms with van der Waals surface area (Å²) < 4.78 is 16.0. The summed E-state index contributed by atoms with van der Waals surface area (Å²) >= 11 is 0. The second-order valence-electron chi connectivity index (χ2n) is 5.38. The van der Waals surface area contributed by atoms with E-state index in [1.807, 2.05) is 25.1 Å². The largest absolute Gasteiger partial charge is 0.454 e. The minimum absolute atomic E-state index is 0.0294. The molecule has 0 aromatic heterocycles. The summed E-state index contributed by atoms with van der Waals surface area (Å²) in [4.78, 5) is 14.1. The van der Waals surface area contributed by atoms with Crippen LogP contribution in [0.3, 0.4) is 0 Å². The van der Waals surface area contributed by atoms with Crippen LogP contribution in [0.1, 0.15) is 12.5 Å². The molecule has 0 aliphatic carbocycles. The highest BCUT2D eigenvalue weighted by atomic mass is 16.7. The van der Waals surface area contributed by atoms with E-state index in [9.17, 15) is 4.79 Å². The highest BCUT2D eigenvalue weighted by Gasteiger charge is 2.19. The lowest BCUT2D eigenvalue weighted by Crippen LogP contribution is -2.45. The van der Waals surface area contributed by atoms with Crippen LogP contribution in [0.4, 0.5) is 0 Å². The monoisotopic (exact) mass is 292 g/mol. The van der Waals surface area contributed by atoms with E-state index in [1.54, 1.807) is 0 Å². The average molecular weight is 292 g/mol. The summed E-state index contributed by atoms with van der Waals surface area (Å²) in [7, 11) is 0. The van der Waals surface area contributed by atoms with E-state index < -0.39 is 0 Å². The Bertz CT molecular complexity index is 520. The van der Waals surface area contributed by atoms with Crippen molar-refractivity contribution >= 4 is 5.91 Å². The lowest BCUT2D eigenvalue weighted by Gasteiger charge is -2.30. The Morgan fingerprint density at radius 1 is 1.38 bits per heavy atom. The molecule has 1 amide bonds. The molecule has 1 atom stereocenters. The van der Waals surface area contributed by atoms with E-state index in [-0.39, 0.29) is 18.8 Å². The van der Waals surface area contributed by atoms with Crippen LogP contribution in [0.25, 0.3) is 0 Å². The molecule has 6 heteroatoms. The quantitative estimate of drug-likeness (QED) is 0.887. The van der Waals surface area contributed by atoms with E-state index in [0.717, 1.165) is 30.2 Å². The lowest BCUT2D eigenvalue weighted by molar-refractivity contribution is -0.124. The van der Waals surface area contributed by atoms with E-state index in [4.69, 9.17) is 14.2 Å². The summed E-state index contributed by atoms with van der Waals surface area (Å²) in [5.41, 5.74) is 1.00. The zero-order chi connectivity index (χ0) is 14.7. The fourth-order valence-electron chi connectivity index (χ4n) is 2.54. The second kappa shape index (κ2) is 6.32. The normalized spacial score (nSPS) is 21.3. The molecule has 114 valence electrons. The molecular formula is C15H20N2O4. The summed E-state index contributed by atoms with van der Waals surface area (Å²) in [6.07, 6.45) is 0.195. The fraction of sp³-hybridized carbons (Fsp3) is 0.533. The third kappa shape index (κ3) is 3.65. The molecule has 1 aromatic carbocycles. The average Bonchev–Trinajstić information content (AvgIpc) is 2.92. The van der Waals surface area contributed by atoms with Crippen molar-refractivity contribution in [3.63, 3.8) is 0 Å². The van der Waals surface area contributed by atoms with Gasteiger partial charge in [-0.25, -0.2) is 0 Å². The maximum absolute atomic E-state index is 12.0. The van der Waals surface area contributed by atoms with Gasteiger partial charge in [0, 0.05) is 19.6 Å². The second-order valence-corrected chi connectivity index (χ2v) is 5.38. The first-order valence-corrected chi connectivity index (χ1v) is 7.20. The van der Waals surface area contributed by atoms with Gasteiger partial charge in [-0.2, -0.15) is 0 Å². The summed E-state index contributed by atoms with van der Waals surface area (Å²) in [5, 5.41) is 2.93. The number of ether oxygens (including phenoxy) is 3. The van der Waals surface area contributed by atoms with Gasteiger partial charge in [0.15, 0.2) is 11.5 Å². The van der Waals surface area contributed by atoms with Crippen molar-refractivity contribution in [3.8, 4) is 11.5 Å². The van der Waals surface area contributed by atoms with Crippen molar-refractivity contribution in [2.24, 2.45) is 0 Å². The Labute approximate surface area is 124 Å². The minimum Gasteiger partial charge on any atom is -0.454 e. The third-order valence-corrected chi connectivity index (χ3v) is 3.62. The maximum atomic E-state index is 12.0. The maximum Gasteiger partial charge on any atom is 0.234 e. The lowest BCUT2D eigenvalue weighted by atomic mass is 10.2. The van der Waals surface area contributed by atoms with Crippen LogP contribution in [0.15, 0.2) is 18.2 Å². The molecule has 1 N–H and O–H groups in total. The van der Waals surface area contributed by atoms with Crippen molar-refractivity contribution in [1.82, 2.24) is 10.2 Å². The Morgan fingerprint density at radius 3 is 3.10 bits per heavy atom. The number of benzene rings is 1. The van der Waals surface area contributed by atoms with Crippen LogP contribution < -0.4 is 14.8 Å². The van der Waals surface area contributed by atoms with Crippen LogP contribution in [0, 0.1) is 0 Å². The molecule has 0 radical (unpaired) electrons. The molecule has 3 rings (SSSR count). The highest BCUT2D eigenvalue weighted by Crippen LogP contribution is 2.32. The molecule has 2 aliphatic heterocycles. The number of amides is 1. The molecule has 6 nitrogen and oxygen atoms in total. The molecule has 0 spiro atoms. The van der Waals surface area contributed by atoms with E-state index in [0.29, 0.717) is 19.7 Å².